The van der Waals surface area contributed by atoms with E-state index in [1.165, 1.54) is 5.56 Å². The number of carbonyl (C=O) groups excluding carboxylic acids is 1. The Kier molecular flexibility index (Phi) is 5.36. The number of rotatable bonds is 4. The number of para-hydroxylation sites is 1. The fourth-order valence-corrected chi connectivity index (χ4v) is 4.98. The number of anilines is 1. The molecule has 0 fully saturated rings. The van der Waals surface area contributed by atoms with Gasteiger partial charge in [0.2, 0.25) is 5.91 Å². The Labute approximate surface area is 193 Å². The summed E-state index contributed by atoms with van der Waals surface area (Å²) in [5.74, 6) is 0.454. The lowest BCUT2D eigenvalue weighted by atomic mass is 9.95. The molecule has 1 aliphatic rings. The Morgan fingerprint density at radius 1 is 1.00 bits per heavy atom. The minimum Gasteiger partial charge on any atom is -0.495 e. The van der Waals surface area contributed by atoms with Gasteiger partial charge < -0.3 is 9.64 Å². The van der Waals surface area contributed by atoms with E-state index in [-0.39, 0.29) is 17.9 Å². The second kappa shape index (κ2) is 8.33. The van der Waals surface area contributed by atoms with E-state index in [0.29, 0.717) is 10.8 Å². The van der Waals surface area contributed by atoms with Gasteiger partial charge in [0, 0.05) is 11.1 Å². The van der Waals surface area contributed by atoms with E-state index in [1.54, 1.807) is 7.11 Å². The van der Waals surface area contributed by atoms with Crippen LogP contribution >= 0.6 is 11.6 Å². The molecular formula is C28H24ClNO2. The molecule has 0 saturated heterocycles. The molecule has 4 aromatic rings. The molecule has 1 amide bonds. The maximum atomic E-state index is 13.9. The monoisotopic (exact) mass is 441 g/mol. The van der Waals surface area contributed by atoms with Crippen molar-refractivity contribution in [3.05, 3.63) is 107 Å². The van der Waals surface area contributed by atoms with Crippen LogP contribution in [0.4, 0.5) is 5.69 Å². The predicted molar refractivity (Wildman–Crippen MR) is 131 cm³/mol. The highest BCUT2D eigenvalue weighted by atomic mass is 35.5. The molecule has 160 valence electrons. The lowest BCUT2D eigenvalue weighted by Gasteiger charge is -2.29. The first-order valence-corrected chi connectivity index (χ1v) is 11.2. The van der Waals surface area contributed by atoms with Crippen molar-refractivity contribution in [1.29, 1.82) is 0 Å². The molecule has 1 aliphatic heterocycles. The molecule has 1 heterocycles. The molecule has 32 heavy (non-hydrogen) atoms. The van der Waals surface area contributed by atoms with Crippen LogP contribution in [0.1, 0.15) is 35.6 Å². The van der Waals surface area contributed by atoms with E-state index in [1.807, 2.05) is 66.4 Å². The van der Waals surface area contributed by atoms with E-state index >= 15 is 0 Å². The number of nitrogens with zero attached hydrogens (tertiary/aromatic N) is 1. The van der Waals surface area contributed by atoms with Crippen molar-refractivity contribution in [2.24, 2.45) is 0 Å². The van der Waals surface area contributed by atoms with Crippen molar-refractivity contribution in [2.45, 2.75) is 25.3 Å². The highest BCUT2D eigenvalue weighted by Gasteiger charge is 2.36. The lowest BCUT2D eigenvalue weighted by Crippen LogP contribution is -2.35. The maximum absolute atomic E-state index is 13.9. The molecule has 0 saturated carbocycles. The molecule has 4 aromatic carbocycles. The zero-order valence-electron chi connectivity index (χ0n) is 18.1. The zero-order chi connectivity index (χ0) is 22.2. The molecule has 2 atom stereocenters. The summed E-state index contributed by atoms with van der Waals surface area (Å²) in [7, 11) is 1.61. The van der Waals surface area contributed by atoms with Gasteiger partial charge in [-0.05, 0) is 47.6 Å². The molecule has 0 aliphatic carbocycles. The standard InChI is InChI=1S/C28H24ClNO2/c1-18(20-12-14-23-21(16-20)13-15-26(32-2)27(23)29)28(31)30-24-11-7-6-10-22(24)17-25(30)19-8-4-3-5-9-19/h3-16,18,25H,17H2,1-2H3/t18-,25+/m0/s1. The molecule has 0 bridgehead atoms. The van der Waals surface area contributed by atoms with E-state index in [9.17, 15) is 4.79 Å². The molecule has 0 N–H and O–H groups in total. The average Bonchev–Trinajstić information content (AvgIpc) is 3.23. The molecule has 4 heteroatoms. The van der Waals surface area contributed by atoms with Crippen molar-refractivity contribution in [3.8, 4) is 5.75 Å². The molecule has 5 rings (SSSR count). The van der Waals surface area contributed by atoms with Crippen molar-refractivity contribution >= 4 is 34.0 Å². The van der Waals surface area contributed by atoms with Gasteiger partial charge in [-0.1, -0.05) is 84.4 Å². The van der Waals surface area contributed by atoms with Gasteiger partial charge in [0.1, 0.15) is 5.75 Å². The Hall–Kier alpha value is -3.30. The topological polar surface area (TPSA) is 29.5 Å². The van der Waals surface area contributed by atoms with Crippen LogP contribution in [0.5, 0.6) is 5.75 Å². The van der Waals surface area contributed by atoms with E-state index in [4.69, 9.17) is 16.3 Å². The number of ether oxygens (including phenoxy) is 1. The van der Waals surface area contributed by atoms with Crippen LogP contribution in [0, 0.1) is 0 Å². The highest BCUT2D eigenvalue weighted by molar-refractivity contribution is 6.37. The molecule has 0 radical (unpaired) electrons. The maximum Gasteiger partial charge on any atom is 0.234 e. The van der Waals surface area contributed by atoms with Crippen molar-refractivity contribution in [1.82, 2.24) is 0 Å². The minimum atomic E-state index is -0.294. The van der Waals surface area contributed by atoms with Crippen LogP contribution in [-0.2, 0) is 11.2 Å². The third-order valence-electron chi connectivity index (χ3n) is 6.43. The third-order valence-corrected chi connectivity index (χ3v) is 6.82. The number of carbonyl (C=O) groups is 1. The summed E-state index contributed by atoms with van der Waals surface area (Å²) >= 11 is 6.48. The fourth-order valence-electron chi connectivity index (χ4n) is 4.67. The highest BCUT2D eigenvalue weighted by Crippen LogP contribution is 2.42. The smallest absolute Gasteiger partial charge is 0.234 e. The summed E-state index contributed by atoms with van der Waals surface area (Å²) in [4.78, 5) is 15.9. The van der Waals surface area contributed by atoms with Crippen LogP contribution in [0.15, 0.2) is 84.9 Å². The van der Waals surface area contributed by atoms with Crippen molar-refractivity contribution < 1.29 is 9.53 Å². The van der Waals surface area contributed by atoms with Crippen LogP contribution in [-0.4, -0.2) is 13.0 Å². The first-order chi connectivity index (χ1) is 15.6. The van der Waals surface area contributed by atoms with Gasteiger partial charge in [-0.25, -0.2) is 0 Å². The largest absolute Gasteiger partial charge is 0.495 e. The lowest BCUT2D eigenvalue weighted by molar-refractivity contribution is -0.120. The summed E-state index contributed by atoms with van der Waals surface area (Å²) in [6, 6.07) is 28.4. The average molecular weight is 442 g/mol. The first kappa shape index (κ1) is 20.6. The van der Waals surface area contributed by atoms with E-state index in [2.05, 4.69) is 30.3 Å². The Balaban J connectivity index is 1.53. The van der Waals surface area contributed by atoms with Gasteiger partial charge in [-0.15, -0.1) is 0 Å². The molecule has 0 aromatic heterocycles. The zero-order valence-corrected chi connectivity index (χ0v) is 18.8. The number of methoxy groups -OCH3 is 1. The number of hydrogen-bond donors (Lipinski definition) is 0. The summed E-state index contributed by atoms with van der Waals surface area (Å²) in [6.07, 6.45) is 0.825. The number of fused-ring (bicyclic) bond motifs is 2. The van der Waals surface area contributed by atoms with Gasteiger partial charge in [0.05, 0.1) is 24.1 Å². The fraction of sp³-hybridized carbons (Fsp3) is 0.179. The van der Waals surface area contributed by atoms with Crippen molar-refractivity contribution in [3.63, 3.8) is 0 Å². The SMILES string of the molecule is COc1ccc2cc([C@H](C)C(=O)N3c4ccccc4C[C@@H]3c3ccccc3)ccc2c1Cl. The third kappa shape index (κ3) is 3.43. The second-order valence-corrected chi connectivity index (χ2v) is 8.63. The van der Waals surface area contributed by atoms with E-state index < -0.39 is 0 Å². The minimum absolute atomic E-state index is 0.00251. The number of benzene rings is 4. The van der Waals surface area contributed by atoms with Crippen LogP contribution in [0.3, 0.4) is 0 Å². The number of amides is 1. The summed E-state index contributed by atoms with van der Waals surface area (Å²) < 4.78 is 5.33. The van der Waals surface area contributed by atoms with Gasteiger partial charge >= 0.3 is 0 Å². The van der Waals surface area contributed by atoms with Gasteiger partial charge in [-0.2, -0.15) is 0 Å². The summed E-state index contributed by atoms with van der Waals surface area (Å²) in [6.45, 7) is 1.98. The Bertz CT molecular complexity index is 1300. The second-order valence-electron chi connectivity index (χ2n) is 8.25. The first-order valence-electron chi connectivity index (χ1n) is 10.8. The quantitative estimate of drug-likeness (QED) is 0.343. The Morgan fingerprint density at radius 3 is 2.53 bits per heavy atom. The van der Waals surface area contributed by atoms with Gasteiger partial charge in [0.15, 0.2) is 0 Å². The Morgan fingerprint density at radius 2 is 1.75 bits per heavy atom. The molecule has 0 spiro atoms. The predicted octanol–water partition coefficient (Wildman–Crippen LogP) is 6.94. The summed E-state index contributed by atoms with van der Waals surface area (Å²) in [5.41, 5.74) is 4.34. The molecule has 0 unspecified atom stereocenters. The number of hydrogen-bond acceptors (Lipinski definition) is 2. The normalized spacial score (nSPS) is 16.1. The molecular weight excluding hydrogens is 418 g/mol. The van der Waals surface area contributed by atoms with Crippen molar-refractivity contribution in [2.75, 3.05) is 12.0 Å². The van der Waals surface area contributed by atoms with Gasteiger partial charge in [-0.3, -0.25) is 4.79 Å². The van der Waals surface area contributed by atoms with Crippen LogP contribution < -0.4 is 9.64 Å². The van der Waals surface area contributed by atoms with E-state index in [0.717, 1.165) is 34.0 Å². The van der Waals surface area contributed by atoms with Crippen LogP contribution in [0.2, 0.25) is 5.02 Å². The number of halogens is 1. The van der Waals surface area contributed by atoms with Gasteiger partial charge in [0.25, 0.3) is 0 Å². The molecule has 3 nitrogen and oxygen atoms in total. The van der Waals surface area contributed by atoms with Crippen LogP contribution in [0.25, 0.3) is 10.8 Å². The summed E-state index contributed by atoms with van der Waals surface area (Å²) in [5, 5.41) is 2.51.